The average molecular weight is 263 g/mol. The Morgan fingerprint density at radius 3 is 2.15 bits per heavy atom. The molecule has 0 aliphatic carbocycles. The smallest absolute Gasteiger partial charge is 0.0773 e. The summed E-state index contributed by atoms with van der Waals surface area (Å²) in [5, 5.41) is 9.58. The molecular formula is C16H13N3O. The van der Waals surface area contributed by atoms with Crippen molar-refractivity contribution in [3.8, 4) is 22.4 Å². The lowest BCUT2D eigenvalue weighted by Gasteiger charge is -2.09. The molecule has 0 aliphatic rings. The maximum atomic E-state index is 9.58. The summed E-state index contributed by atoms with van der Waals surface area (Å²) in [4.78, 5) is 12.7. The zero-order valence-electron chi connectivity index (χ0n) is 10.8. The number of hydrogen-bond acceptors (Lipinski definition) is 4. The molecule has 3 aromatic rings. The van der Waals surface area contributed by atoms with Crippen molar-refractivity contribution in [2.45, 2.75) is 6.61 Å². The van der Waals surface area contributed by atoms with E-state index in [0.717, 1.165) is 27.9 Å². The predicted octanol–water partition coefficient (Wildman–Crippen LogP) is 2.70. The van der Waals surface area contributed by atoms with Crippen LogP contribution in [0.1, 0.15) is 5.56 Å². The molecule has 3 aromatic heterocycles. The molecule has 4 heteroatoms. The van der Waals surface area contributed by atoms with Crippen LogP contribution < -0.4 is 0 Å². The fraction of sp³-hybridized carbons (Fsp3) is 0.0625. The highest BCUT2D eigenvalue weighted by Gasteiger charge is 2.08. The number of rotatable bonds is 3. The molecular weight excluding hydrogens is 250 g/mol. The van der Waals surface area contributed by atoms with Crippen LogP contribution in [0.5, 0.6) is 0 Å². The summed E-state index contributed by atoms with van der Waals surface area (Å²) >= 11 is 0. The minimum absolute atomic E-state index is 0.0642. The van der Waals surface area contributed by atoms with E-state index in [0.29, 0.717) is 0 Å². The molecule has 0 radical (unpaired) electrons. The fourth-order valence-corrected chi connectivity index (χ4v) is 2.09. The number of pyridine rings is 3. The number of aromatic nitrogens is 3. The van der Waals surface area contributed by atoms with Crippen LogP contribution in [0.25, 0.3) is 22.4 Å². The molecule has 3 heterocycles. The van der Waals surface area contributed by atoms with Gasteiger partial charge in [-0.05, 0) is 24.3 Å². The molecule has 0 amide bonds. The Morgan fingerprint density at radius 2 is 1.55 bits per heavy atom. The summed E-state index contributed by atoms with van der Waals surface area (Å²) < 4.78 is 0. The van der Waals surface area contributed by atoms with Gasteiger partial charge in [-0.25, -0.2) is 0 Å². The third-order valence-electron chi connectivity index (χ3n) is 3.07. The Morgan fingerprint density at radius 1 is 0.850 bits per heavy atom. The van der Waals surface area contributed by atoms with Crippen LogP contribution in [0.15, 0.2) is 61.3 Å². The summed E-state index contributed by atoms with van der Waals surface area (Å²) in [5.74, 6) is 0. The van der Waals surface area contributed by atoms with E-state index in [4.69, 9.17) is 0 Å². The molecule has 4 nitrogen and oxygen atoms in total. The van der Waals surface area contributed by atoms with Gasteiger partial charge in [0, 0.05) is 53.2 Å². The van der Waals surface area contributed by atoms with Crippen molar-refractivity contribution in [2.75, 3.05) is 0 Å². The van der Waals surface area contributed by atoms with Crippen molar-refractivity contribution in [1.82, 2.24) is 15.0 Å². The van der Waals surface area contributed by atoms with Gasteiger partial charge in [0.25, 0.3) is 0 Å². The highest BCUT2D eigenvalue weighted by molar-refractivity contribution is 5.68. The average Bonchev–Trinajstić information content (AvgIpc) is 2.56. The lowest BCUT2D eigenvalue weighted by atomic mass is 10.0. The van der Waals surface area contributed by atoms with E-state index in [2.05, 4.69) is 15.0 Å². The SMILES string of the molecule is OCc1cc(-c2cccnc2)cnc1-c1cccnc1. The minimum Gasteiger partial charge on any atom is -0.392 e. The summed E-state index contributed by atoms with van der Waals surface area (Å²) in [7, 11) is 0. The number of aliphatic hydroxyl groups excluding tert-OH is 1. The molecule has 0 atom stereocenters. The molecule has 0 saturated carbocycles. The van der Waals surface area contributed by atoms with Crippen molar-refractivity contribution in [2.24, 2.45) is 0 Å². The summed E-state index contributed by atoms with van der Waals surface area (Å²) in [6, 6.07) is 9.57. The van der Waals surface area contributed by atoms with Gasteiger partial charge in [0.2, 0.25) is 0 Å². The van der Waals surface area contributed by atoms with E-state index in [-0.39, 0.29) is 6.61 Å². The monoisotopic (exact) mass is 263 g/mol. The van der Waals surface area contributed by atoms with E-state index >= 15 is 0 Å². The quantitative estimate of drug-likeness (QED) is 0.789. The number of aliphatic hydroxyl groups is 1. The van der Waals surface area contributed by atoms with Crippen molar-refractivity contribution in [3.63, 3.8) is 0 Å². The highest BCUT2D eigenvalue weighted by Crippen LogP contribution is 2.25. The van der Waals surface area contributed by atoms with Crippen molar-refractivity contribution < 1.29 is 5.11 Å². The van der Waals surface area contributed by atoms with Crippen LogP contribution in [-0.2, 0) is 6.61 Å². The Hall–Kier alpha value is -2.59. The van der Waals surface area contributed by atoms with Crippen LogP contribution in [0.2, 0.25) is 0 Å². The molecule has 20 heavy (non-hydrogen) atoms. The molecule has 0 unspecified atom stereocenters. The lowest BCUT2D eigenvalue weighted by Crippen LogP contribution is -1.95. The first-order chi connectivity index (χ1) is 9.88. The molecule has 0 spiro atoms. The largest absolute Gasteiger partial charge is 0.392 e. The van der Waals surface area contributed by atoms with Crippen LogP contribution in [0.4, 0.5) is 0 Å². The second-order valence-electron chi connectivity index (χ2n) is 4.37. The summed E-state index contributed by atoms with van der Waals surface area (Å²) in [6.45, 7) is -0.0642. The number of hydrogen-bond donors (Lipinski definition) is 1. The number of nitrogens with zero attached hydrogens (tertiary/aromatic N) is 3. The third kappa shape index (κ3) is 2.41. The first-order valence-corrected chi connectivity index (χ1v) is 6.29. The molecule has 0 aromatic carbocycles. The molecule has 3 rings (SSSR count). The van der Waals surface area contributed by atoms with Crippen LogP contribution in [0, 0.1) is 0 Å². The maximum absolute atomic E-state index is 9.58. The normalized spacial score (nSPS) is 10.4. The minimum atomic E-state index is -0.0642. The second kappa shape index (κ2) is 5.59. The van der Waals surface area contributed by atoms with Crippen molar-refractivity contribution in [1.29, 1.82) is 0 Å². The molecule has 1 N–H and O–H groups in total. The second-order valence-corrected chi connectivity index (χ2v) is 4.37. The van der Waals surface area contributed by atoms with E-state index in [1.807, 2.05) is 30.3 Å². The first kappa shape index (κ1) is 12.4. The van der Waals surface area contributed by atoms with Gasteiger partial charge in [-0.1, -0.05) is 6.07 Å². The van der Waals surface area contributed by atoms with Crippen molar-refractivity contribution in [3.05, 3.63) is 66.9 Å². The molecule has 98 valence electrons. The van der Waals surface area contributed by atoms with Crippen molar-refractivity contribution >= 4 is 0 Å². The standard InChI is InChI=1S/C16H13N3O/c20-11-15-7-14(12-3-1-5-17-8-12)10-19-16(15)13-4-2-6-18-9-13/h1-10,20H,11H2. The van der Waals surface area contributed by atoms with Gasteiger partial charge in [0.05, 0.1) is 12.3 Å². The van der Waals surface area contributed by atoms with E-state index < -0.39 is 0 Å². The first-order valence-electron chi connectivity index (χ1n) is 6.29. The van der Waals surface area contributed by atoms with Gasteiger partial charge in [-0.2, -0.15) is 0 Å². The highest BCUT2D eigenvalue weighted by atomic mass is 16.3. The Labute approximate surface area is 116 Å². The zero-order valence-corrected chi connectivity index (χ0v) is 10.8. The zero-order chi connectivity index (χ0) is 13.8. The summed E-state index contributed by atoms with van der Waals surface area (Å²) in [6.07, 6.45) is 8.76. The fourth-order valence-electron chi connectivity index (χ4n) is 2.09. The molecule has 0 fully saturated rings. The molecule has 0 aliphatic heterocycles. The summed E-state index contributed by atoms with van der Waals surface area (Å²) in [5.41, 5.74) is 4.35. The van der Waals surface area contributed by atoms with Gasteiger partial charge in [-0.3, -0.25) is 15.0 Å². The van der Waals surface area contributed by atoms with Crippen LogP contribution >= 0.6 is 0 Å². The topological polar surface area (TPSA) is 58.9 Å². The van der Waals surface area contributed by atoms with Crippen LogP contribution in [0.3, 0.4) is 0 Å². The van der Waals surface area contributed by atoms with Gasteiger partial charge in [0.15, 0.2) is 0 Å². The Bertz CT molecular complexity index is 699. The van der Waals surface area contributed by atoms with E-state index in [9.17, 15) is 5.11 Å². The van der Waals surface area contributed by atoms with E-state index in [1.165, 1.54) is 0 Å². The van der Waals surface area contributed by atoms with E-state index in [1.54, 1.807) is 31.0 Å². The van der Waals surface area contributed by atoms with Gasteiger partial charge in [-0.15, -0.1) is 0 Å². The molecule has 0 bridgehead atoms. The lowest BCUT2D eigenvalue weighted by molar-refractivity contribution is 0.282. The Kier molecular flexibility index (Phi) is 3.48. The van der Waals surface area contributed by atoms with Gasteiger partial charge < -0.3 is 5.11 Å². The predicted molar refractivity (Wildman–Crippen MR) is 76.6 cm³/mol. The molecule has 0 saturated heterocycles. The Balaban J connectivity index is 2.07. The maximum Gasteiger partial charge on any atom is 0.0773 e. The van der Waals surface area contributed by atoms with Crippen LogP contribution in [-0.4, -0.2) is 20.1 Å². The van der Waals surface area contributed by atoms with Gasteiger partial charge >= 0.3 is 0 Å². The van der Waals surface area contributed by atoms with Gasteiger partial charge in [0.1, 0.15) is 0 Å². The third-order valence-corrected chi connectivity index (χ3v) is 3.07.